The molecule has 0 fully saturated rings. The lowest BCUT2D eigenvalue weighted by Crippen LogP contribution is -2.38. The van der Waals surface area contributed by atoms with Crippen molar-refractivity contribution in [2.24, 2.45) is 4.99 Å². The van der Waals surface area contributed by atoms with Crippen LogP contribution in [0.5, 0.6) is 11.5 Å². The summed E-state index contributed by atoms with van der Waals surface area (Å²) < 4.78 is 11.1. The maximum Gasteiger partial charge on any atom is 0.194 e. The fraction of sp³-hybridized carbons (Fsp3) is 0.318. The number of para-hydroxylation sites is 1. The number of rotatable bonds is 7. The molecule has 0 unspecified atom stereocenters. The second kappa shape index (κ2) is 10.9. The SMILES string of the molecule is CCNC(=NCCc1ccc(O)c(OC)c1)N(C)Cc1cc2ccccc2o1.I. The molecule has 2 aromatic carbocycles. The standard InChI is InChI=1S/C22H27N3O3.HI/c1-4-23-22(24-12-11-16-9-10-19(26)21(13-16)27-3)25(2)15-18-14-17-7-5-6-8-20(17)28-18;/h5-10,13-14,26H,4,11-12,15H2,1-3H3,(H,23,24);1H. The molecule has 156 valence electrons. The van der Waals surface area contributed by atoms with Crippen LogP contribution in [0.25, 0.3) is 11.0 Å². The number of fused-ring (bicyclic) bond motifs is 1. The van der Waals surface area contributed by atoms with Gasteiger partial charge < -0.3 is 24.5 Å². The molecule has 7 heteroatoms. The average molecular weight is 509 g/mol. The number of methoxy groups -OCH3 is 1. The Morgan fingerprint density at radius 2 is 2.00 bits per heavy atom. The molecule has 6 nitrogen and oxygen atoms in total. The summed E-state index contributed by atoms with van der Waals surface area (Å²) in [5, 5.41) is 14.1. The quantitative estimate of drug-likeness (QED) is 0.281. The molecule has 0 radical (unpaired) electrons. The van der Waals surface area contributed by atoms with E-state index >= 15 is 0 Å². The Hall–Kier alpha value is -2.42. The molecule has 29 heavy (non-hydrogen) atoms. The van der Waals surface area contributed by atoms with Crippen LogP contribution in [-0.2, 0) is 13.0 Å². The Kier molecular flexibility index (Phi) is 8.63. The minimum absolute atomic E-state index is 0. The summed E-state index contributed by atoms with van der Waals surface area (Å²) in [6, 6.07) is 15.5. The van der Waals surface area contributed by atoms with Gasteiger partial charge in [-0.15, -0.1) is 24.0 Å². The number of hydrogen-bond acceptors (Lipinski definition) is 4. The van der Waals surface area contributed by atoms with Crippen molar-refractivity contribution in [1.29, 1.82) is 0 Å². The number of benzene rings is 2. The number of guanidine groups is 1. The fourth-order valence-electron chi connectivity index (χ4n) is 3.06. The lowest BCUT2D eigenvalue weighted by atomic mass is 10.1. The van der Waals surface area contributed by atoms with Gasteiger partial charge in [0.15, 0.2) is 17.5 Å². The van der Waals surface area contributed by atoms with Gasteiger partial charge in [0.2, 0.25) is 0 Å². The first kappa shape index (κ1) is 22.9. The third-order valence-corrected chi connectivity index (χ3v) is 4.47. The lowest BCUT2D eigenvalue weighted by molar-refractivity contribution is 0.373. The monoisotopic (exact) mass is 509 g/mol. The number of nitrogens with one attached hydrogen (secondary N) is 1. The molecule has 0 aliphatic rings. The highest BCUT2D eigenvalue weighted by Crippen LogP contribution is 2.26. The molecule has 3 aromatic rings. The first-order valence-corrected chi connectivity index (χ1v) is 9.43. The molecule has 0 spiro atoms. The van der Waals surface area contributed by atoms with Crippen molar-refractivity contribution in [3.63, 3.8) is 0 Å². The van der Waals surface area contributed by atoms with Gasteiger partial charge in [0, 0.05) is 25.5 Å². The van der Waals surface area contributed by atoms with E-state index in [1.807, 2.05) is 43.4 Å². The maximum atomic E-state index is 9.71. The van der Waals surface area contributed by atoms with Gasteiger partial charge in [-0.1, -0.05) is 24.3 Å². The summed E-state index contributed by atoms with van der Waals surface area (Å²) in [5.74, 6) is 2.36. The van der Waals surface area contributed by atoms with Crippen LogP contribution < -0.4 is 10.1 Å². The first-order valence-electron chi connectivity index (χ1n) is 9.43. The Bertz CT molecular complexity index is 922. The molecule has 0 amide bonds. The highest BCUT2D eigenvalue weighted by molar-refractivity contribution is 14.0. The van der Waals surface area contributed by atoms with Gasteiger partial charge in [0.1, 0.15) is 11.3 Å². The van der Waals surface area contributed by atoms with Gasteiger partial charge in [-0.2, -0.15) is 0 Å². The molecule has 1 heterocycles. The smallest absolute Gasteiger partial charge is 0.194 e. The van der Waals surface area contributed by atoms with E-state index in [-0.39, 0.29) is 29.7 Å². The summed E-state index contributed by atoms with van der Waals surface area (Å²) in [6.07, 6.45) is 0.754. The van der Waals surface area contributed by atoms with E-state index in [4.69, 9.17) is 14.1 Å². The maximum absolute atomic E-state index is 9.71. The lowest BCUT2D eigenvalue weighted by Gasteiger charge is -2.21. The van der Waals surface area contributed by atoms with Crippen LogP contribution in [0.3, 0.4) is 0 Å². The molecule has 0 saturated heterocycles. The Morgan fingerprint density at radius 3 is 2.72 bits per heavy atom. The van der Waals surface area contributed by atoms with Gasteiger partial charge in [-0.05, 0) is 43.2 Å². The van der Waals surface area contributed by atoms with Gasteiger partial charge in [0.05, 0.1) is 13.7 Å². The predicted octanol–water partition coefficient (Wildman–Crippen LogP) is 4.41. The van der Waals surface area contributed by atoms with E-state index in [2.05, 4.69) is 23.2 Å². The number of nitrogens with zero attached hydrogens (tertiary/aromatic N) is 2. The van der Waals surface area contributed by atoms with Crippen molar-refractivity contribution >= 4 is 40.9 Å². The minimum atomic E-state index is 0. The third kappa shape index (κ3) is 6.03. The van der Waals surface area contributed by atoms with E-state index in [0.29, 0.717) is 18.8 Å². The van der Waals surface area contributed by atoms with Crippen molar-refractivity contribution in [3.8, 4) is 11.5 Å². The Balaban J connectivity index is 0.00000300. The molecule has 0 atom stereocenters. The molecule has 1 aromatic heterocycles. The number of aromatic hydroxyl groups is 1. The topological polar surface area (TPSA) is 70.2 Å². The predicted molar refractivity (Wildman–Crippen MR) is 127 cm³/mol. The summed E-state index contributed by atoms with van der Waals surface area (Å²) in [6.45, 7) is 4.10. The largest absolute Gasteiger partial charge is 0.504 e. The summed E-state index contributed by atoms with van der Waals surface area (Å²) >= 11 is 0. The number of aliphatic imine (C=N–C) groups is 1. The van der Waals surface area contributed by atoms with Crippen LogP contribution in [0, 0.1) is 0 Å². The zero-order valence-corrected chi connectivity index (χ0v) is 19.3. The molecule has 0 bridgehead atoms. The van der Waals surface area contributed by atoms with Gasteiger partial charge in [-0.25, -0.2) is 0 Å². The summed E-state index contributed by atoms with van der Waals surface area (Å²) in [7, 11) is 3.55. The van der Waals surface area contributed by atoms with Gasteiger partial charge in [0.25, 0.3) is 0 Å². The number of phenols is 1. The normalized spacial score (nSPS) is 11.2. The number of ether oxygens (including phenoxy) is 1. The highest BCUT2D eigenvalue weighted by Gasteiger charge is 2.10. The fourth-order valence-corrected chi connectivity index (χ4v) is 3.06. The minimum Gasteiger partial charge on any atom is -0.504 e. The van der Waals surface area contributed by atoms with Crippen molar-refractivity contribution in [3.05, 3.63) is 59.9 Å². The van der Waals surface area contributed by atoms with E-state index in [1.54, 1.807) is 13.2 Å². The summed E-state index contributed by atoms with van der Waals surface area (Å²) in [4.78, 5) is 6.78. The van der Waals surface area contributed by atoms with Gasteiger partial charge in [-0.3, -0.25) is 4.99 Å². The third-order valence-electron chi connectivity index (χ3n) is 4.47. The van der Waals surface area contributed by atoms with E-state index < -0.39 is 0 Å². The Labute approximate surface area is 188 Å². The highest BCUT2D eigenvalue weighted by atomic mass is 127. The van der Waals surface area contributed by atoms with Crippen LogP contribution >= 0.6 is 24.0 Å². The number of halogens is 1. The average Bonchev–Trinajstić information content (AvgIpc) is 3.10. The van der Waals surface area contributed by atoms with E-state index in [0.717, 1.165) is 41.2 Å². The van der Waals surface area contributed by atoms with Crippen LogP contribution in [0.4, 0.5) is 0 Å². The second-order valence-electron chi connectivity index (χ2n) is 6.60. The zero-order chi connectivity index (χ0) is 19.9. The number of hydrogen-bond donors (Lipinski definition) is 2. The molecule has 2 N–H and O–H groups in total. The molecular formula is C22H28IN3O3. The van der Waals surface area contributed by atoms with E-state index in [9.17, 15) is 5.11 Å². The zero-order valence-electron chi connectivity index (χ0n) is 17.0. The van der Waals surface area contributed by atoms with Crippen molar-refractivity contribution in [2.75, 3.05) is 27.2 Å². The molecule has 0 aliphatic heterocycles. The van der Waals surface area contributed by atoms with Gasteiger partial charge >= 0.3 is 0 Å². The second-order valence-corrected chi connectivity index (χ2v) is 6.60. The van der Waals surface area contributed by atoms with Crippen molar-refractivity contribution < 1.29 is 14.3 Å². The molecule has 0 aliphatic carbocycles. The molecule has 0 saturated carbocycles. The van der Waals surface area contributed by atoms with Crippen molar-refractivity contribution in [1.82, 2.24) is 10.2 Å². The van der Waals surface area contributed by atoms with Crippen LogP contribution in [0.2, 0.25) is 0 Å². The van der Waals surface area contributed by atoms with Crippen molar-refractivity contribution in [2.45, 2.75) is 19.9 Å². The first-order chi connectivity index (χ1) is 13.6. The Morgan fingerprint density at radius 1 is 1.21 bits per heavy atom. The number of furan rings is 1. The van der Waals surface area contributed by atoms with Crippen LogP contribution in [-0.4, -0.2) is 43.2 Å². The summed E-state index contributed by atoms with van der Waals surface area (Å²) in [5.41, 5.74) is 1.96. The van der Waals surface area contributed by atoms with E-state index in [1.165, 1.54) is 0 Å². The van der Waals surface area contributed by atoms with Crippen LogP contribution in [0.15, 0.2) is 57.9 Å². The number of phenolic OH excluding ortho intramolecular Hbond substituents is 1. The van der Waals surface area contributed by atoms with Crippen LogP contribution in [0.1, 0.15) is 18.2 Å². The molecular weight excluding hydrogens is 481 g/mol. The molecule has 3 rings (SSSR count).